The first kappa shape index (κ1) is 30.6. The highest BCUT2D eigenvalue weighted by Gasteiger charge is 2.71. The van der Waals surface area contributed by atoms with Gasteiger partial charge in [0.2, 0.25) is 5.91 Å². The van der Waals surface area contributed by atoms with Gasteiger partial charge in [-0.15, -0.1) is 0 Å². The number of benzene rings is 2. The number of hydrogen-bond donors (Lipinski definition) is 3. The Morgan fingerprint density at radius 3 is 2.17 bits per heavy atom. The third-order valence-corrected chi connectivity index (χ3v) is 8.02. The number of carbonyl (C=O) groups is 2. The molecule has 3 rings (SSSR count). The Bertz CT molecular complexity index is 1440. The number of nitrogens with two attached hydrogens (primary N) is 1. The number of aliphatic hydroxyl groups is 1. The van der Waals surface area contributed by atoms with E-state index in [4.69, 9.17) is 11.0 Å². The van der Waals surface area contributed by atoms with Crippen molar-refractivity contribution in [1.82, 2.24) is 5.32 Å². The second kappa shape index (κ2) is 10.6. The average Bonchev–Trinajstić information content (AvgIpc) is 2.84. The molecule has 0 aromatic heterocycles. The number of fused-ring (bicyclic) bond motifs is 1. The third-order valence-electron chi connectivity index (χ3n) is 6.14. The SMILES string of the molecule is N#CC(NC(=O)CC1CCc2cc(C(O)(C(F)(F)F)C(F)(F)F)ccc2N1S(=O)(=O)c1ccc(F)cc1)C(N)=O. The van der Waals surface area contributed by atoms with Crippen molar-refractivity contribution >= 4 is 27.5 Å². The van der Waals surface area contributed by atoms with Gasteiger partial charge in [-0.1, -0.05) is 12.1 Å². The first-order valence-corrected chi connectivity index (χ1v) is 12.6. The molecule has 2 atom stereocenters. The van der Waals surface area contributed by atoms with Crippen LogP contribution in [0, 0.1) is 17.1 Å². The molecule has 0 radical (unpaired) electrons. The minimum absolute atomic E-state index is 0.258. The quantitative estimate of drug-likeness (QED) is 0.418. The van der Waals surface area contributed by atoms with Crippen molar-refractivity contribution in [3.05, 3.63) is 59.4 Å². The number of rotatable bonds is 7. The predicted molar refractivity (Wildman–Crippen MR) is 122 cm³/mol. The van der Waals surface area contributed by atoms with Gasteiger partial charge in [-0.3, -0.25) is 13.9 Å². The summed E-state index contributed by atoms with van der Waals surface area (Å²) in [5.74, 6) is -3.04. The molecule has 2 aromatic rings. The summed E-state index contributed by atoms with van der Waals surface area (Å²) < 4.78 is 122. The van der Waals surface area contributed by atoms with Crippen molar-refractivity contribution in [2.24, 2.45) is 5.73 Å². The number of primary amides is 1. The maximum atomic E-state index is 13.6. The summed E-state index contributed by atoms with van der Waals surface area (Å²) in [6, 6.07) is 2.89. The van der Waals surface area contributed by atoms with Gasteiger partial charge in [0.15, 0.2) is 6.04 Å². The Balaban J connectivity index is 2.14. The standard InChI is InChI=1S/C23H19F7N4O5S/c24-14-3-6-16(7-4-14)40(38,39)34-15(10-19(35)33-17(11-31)20(32)36)5-1-12-9-13(2-8-18(12)34)21(37,22(25,26)27)23(28,29)30/h2-4,6-9,15,17,37H,1,5,10H2,(H2,32,36)(H,33,35). The van der Waals surface area contributed by atoms with Crippen LogP contribution in [-0.2, 0) is 31.6 Å². The van der Waals surface area contributed by atoms with Crippen LogP contribution in [0.5, 0.6) is 0 Å². The highest BCUT2D eigenvalue weighted by molar-refractivity contribution is 7.92. The van der Waals surface area contributed by atoms with E-state index in [2.05, 4.69) is 0 Å². The van der Waals surface area contributed by atoms with Gasteiger partial charge in [0.1, 0.15) is 5.82 Å². The smallest absolute Gasteiger partial charge is 0.369 e. The normalized spacial score (nSPS) is 17.0. The van der Waals surface area contributed by atoms with Gasteiger partial charge in [-0.2, -0.15) is 31.6 Å². The van der Waals surface area contributed by atoms with E-state index < -0.39 is 80.3 Å². The van der Waals surface area contributed by atoms with E-state index in [0.29, 0.717) is 16.4 Å². The van der Waals surface area contributed by atoms with Crippen LogP contribution in [0.15, 0.2) is 47.4 Å². The fourth-order valence-corrected chi connectivity index (χ4v) is 5.90. The highest BCUT2D eigenvalue weighted by atomic mass is 32.2. The Kier molecular flexibility index (Phi) is 8.10. The van der Waals surface area contributed by atoms with Crippen LogP contribution < -0.4 is 15.4 Å². The molecule has 1 heterocycles. The van der Waals surface area contributed by atoms with Crippen LogP contribution in [0.4, 0.5) is 36.4 Å². The number of amides is 2. The summed E-state index contributed by atoms with van der Waals surface area (Å²) in [5.41, 5.74) is -2.63. The molecular weight excluding hydrogens is 577 g/mol. The summed E-state index contributed by atoms with van der Waals surface area (Å²) >= 11 is 0. The van der Waals surface area contributed by atoms with Crippen LogP contribution in [0.2, 0.25) is 0 Å². The van der Waals surface area contributed by atoms with E-state index >= 15 is 0 Å². The van der Waals surface area contributed by atoms with Gasteiger partial charge < -0.3 is 16.2 Å². The number of nitrogens with one attached hydrogen (secondary N) is 1. The van der Waals surface area contributed by atoms with E-state index in [9.17, 15) is 53.8 Å². The average molecular weight is 596 g/mol. The van der Waals surface area contributed by atoms with Gasteiger partial charge >= 0.3 is 12.4 Å². The lowest BCUT2D eigenvalue weighted by atomic mass is 9.87. The lowest BCUT2D eigenvalue weighted by Gasteiger charge is -2.39. The molecule has 0 spiro atoms. The van der Waals surface area contributed by atoms with E-state index in [1.165, 1.54) is 6.07 Å². The topological polar surface area (TPSA) is 154 Å². The molecule has 0 aliphatic carbocycles. The van der Waals surface area contributed by atoms with Gasteiger partial charge in [-0.25, -0.2) is 12.8 Å². The molecule has 17 heteroatoms. The number of hydrogen-bond acceptors (Lipinski definition) is 6. The van der Waals surface area contributed by atoms with Crippen molar-refractivity contribution < 1.29 is 53.8 Å². The Morgan fingerprint density at radius 1 is 1.10 bits per heavy atom. The molecule has 1 aliphatic rings. The van der Waals surface area contributed by atoms with Gasteiger partial charge in [0.25, 0.3) is 21.5 Å². The molecule has 9 nitrogen and oxygen atoms in total. The fraction of sp³-hybridized carbons (Fsp3) is 0.348. The van der Waals surface area contributed by atoms with E-state index in [1.54, 1.807) is 0 Å². The Morgan fingerprint density at radius 2 is 1.68 bits per heavy atom. The largest absolute Gasteiger partial charge is 0.430 e. The zero-order chi connectivity index (χ0) is 30.3. The number of sulfonamides is 1. The maximum absolute atomic E-state index is 13.6. The Hall–Kier alpha value is -3.91. The van der Waals surface area contributed by atoms with Crippen molar-refractivity contribution in [3.8, 4) is 6.07 Å². The minimum atomic E-state index is -6.19. The summed E-state index contributed by atoms with van der Waals surface area (Å²) in [5, 5.41) is 20.7. The third kappa shape index (κ3) is 5.54. The number of nitrogens with zero attached hydrogens (tertiary/aromatic N) is 2. The van der Waals surface area contributed by atoms with Crippen molar-refractivity contribution in [1.29, 1.82) is 5.26 Å². The maximum Gasteiger partial charge on any atom is 0.430 e. The van der Waals surface area contributed by atoms with E-state index in [0.717, 1.165) is 24.3 Å². The monoisotopic (exact) mass is 596 g/mol. The lowest BCUT2D eigenvalue weighted by molar-refractivity contribution is -0.376. The van der Waals surface area contributed by atoms with Crippen LogP contribution in [-0.4, -0.2) is 49.8 Å². The number of anilines is 1. The Labute approximate surface area is 222 Å². The zero-order valence-corrected chi connectivity index (χ0v) is 20.7. The van der Waals surface area contributed by atoms with Crippen molar-refractivity contribution in [2.45, 2.75) is 54.2 Å². The number of nitriles is 1. The minimum Gasteiger partial charge on any atom is -0.369 e. The number of halogens is 7. The number of carbonyl (C=O) groups excluding carboxylic acids is 2. The second-order valence-electron chi connectivity index (χ2n) is 8.73. The van der Waals surface area contributed by atoms with Gasteiger partial charge in [-0.05, 0) is 48.7 Å². The van der Waals surface area contributed by atoms with E-state index in [1.807, 2.05) is 5.32 Å². The van der Waals surface area contributed by atoms with Crippen LogP contribution >= 0.6 is 0 Å². The van der Waals surface area contributed by atoms with Crippen LogP contribution in [0.3, 0.4) is 0 Å². The molecular formula is C23H19F7N4O5S. The summed E-state index contributed by atoms with van der Waals surface area (Å²) in [7, 11) is -4.72. The first-order chi connectivity index (χ1) is 18.3. The molecule has 2 aromatic carbocycles. The molecule has 1 aliphatic heterocycles. The molecule has 40 heavy (non-hydrogen) atoms. The van der Waals surface area contributed by atoms with Crippen LogP contribution in [0.1, 0.15) is 24.0 Å². The van der Waals surface area contributed by atoms with Crippen molar-refractivity contribution in [3.63, 3.8) is 0 Å². The molecule has 216 valence electrons. The number of alkyl halides is 6. The van der Waals surface area contributed by atoms with Gasteiger partial charge in [0, 0.05) is 12.0 Å². The molecule has 0 saturated carbocycles. The molecule has 2 amide bonds. The fourth-order valence-electron chi connectivity index (χ4n) is 4.18. The highest BCUT2D eigenvalue weighted by Crippen LogP contribution is 2.51. The van der Waals surface area contributed by atoms with E-state index in [-0.39, 0.29) is 24.5 Å². The summed E-state index contributed by atoms with van der Waals surface area (Å²) in [4.78, 5) is 23.3. The molecule has 0 bridgehead atoms. The molecule has 4 N–H and O–H groups in total. The van der Waals surface area contributed by atoms with Crippen molar-refractivity contribution in [2.75, 3.05) is 4.31 Å². The van der Waals surface area contributed by atoms with Crippen LogP contribution in [0.25, 0.3) is 0 Å². The first-order valence-electron chi connectivity index (χ1n) is 11.1. The molecule has 2 unspecified atom stereocenters. The summed E-state index contributed by atoms with van der Waals surface area (Å²) in [6.07, 6.45) is -13.7. The molecule has 0 saturated heterocycles. The molecule has 0 fully saturated rings. The predicted octanol–water partition coefficient (Wildman–Crippen LogP) is 2.53. The van der Waals surface area contributed by atoms with Gasteiger partial charge in [0.05, 0.1) is 22.7 Å². The lowest BCUT2D eigenvalue weighted by Crippen LogP contribution is -2.54. The number of aryl methyl sites for hydroxylation is 1. The summed E-state index contributed by atoms with van der Waals surface area (Å²) in [6.45, 7) is 0. The second-order valence-corrected chi connectivity index (χ2v) is 10.5. The zero-order valence-electron chi connectivity index (χ0n) is 19.9.